The normalized spacial score (nSPS) is 22.2. The van der Waals surface area contributed by atoms with Gasteiger partial charge in [-0.1, -0.05) is 15.9 Å². The van der Waals surface area contributed by atoms with Crippen molar-refractivity contribution in [3.63, 3.8) is 0 Å². The number of anilines is 1. The number of carbonyl (C=O) groups is 1. The zero-order valence-electron chi connectivity index (χ0n) is 9.50. The lowest BCUT2D eigenvalue weighted by atomic mass is 9.93. The van der Waals surface area contributed by atoms with Crippen molar-refractivity contribution in [2.45, 2.75) is 24.3 Å². The van der Waals surface area contributed by atoms with Gasteiger partial charge >= 0.3 is 0 Å². The van der Waals surface area contributed by atoms with Crippen LogP contribution in [0.4, 0.5) is 5.69 Å². The summed E-state index contributed by atoms with van der Waals surface area (Å²) in [5.74, 6) is 0.728. The van der Waals surface area contributed by atoms with Gasteiger partial charge in [0.05, 0.1) is 5.56 Å². The lowest BCUT2D eigenvalue weighted by Gasteiger charge is -2.36. The van der Waals surface area contributed by atoms with E-state index in [-0.39, 0.29) is 10.6 Å². The van der Waals surface area contributed by atoms with Gasteiger partial charge in [0.1, 0.15) is 16.2 Å². The Morgan fingerprint density at radius 2 is 2.12 bits per heavy atom. The number of ether oxygens (including phenoxy) is 1. The lowest BCUT2D eigenvalue weighted by molar-refractivity contribution is 0.0668. The van der Waals surface area contributed by atoms with Crippen LogP contribution in [0.5, 0.6) is 5.75 Å². The fourth-order valence-corrected chi connectivity index (χ4v) is 2.09. The molecule has 0 bridgehead atoms. The molecule has 1 aliphatic rings. The molecule has 0 radical (unpaired) electrons. The molecule has 1 aromatic carbocycles. The zero-order valence-corrected chi connectivity index (χ0v) is 11.1. The van der Waals surface area contributed by atoms with Gasteiger partial charge < -0.3 is 10.1 Å². The molecule has 0 spiro atoms. The van der Waals surface area contributed by atoms with Gasteiger partial charge in [-0.3, -0.25) is 4.79 Å². The second kappa shape index (κ2) is 3.77. The molecule has 1 unspecified atom stereocenters. The predicted molar refractivity (Wildman–Crippen MR) is 67.7 cm³/mol. The van der Waals surface area contributed by atoms with Crippen LogP contribution >= 0.6 is 15.9 Å². The molecule has 2 rings (SSSR count). The molecule has 0 saturated carbocycles. The largest absolute Gasteiger partial charge is 0.485 e. The Labute approximate surface area is 103 Å². The highest BCUT2D eigenvalue weighted by Crippen LogP contribution is 2.37. The lowest BCUT2D eigenvalue weighted by Crippen LogP contribution is -2.46. The minimum atomic E-state index is -0.517. The molecule has 1 aromatic rings. The third-order valence-electron chi connectivity index (χ3n) is 2.75. The van der Waals surface area contributed by atoms with Crippen molar-refractivity contribution in [3.05, 3.63) is 23.8 Å². The average molecular weight is 284 g/mol. The summed E-state index contributed by atoms with van der Waals surface area (Å²) in [5.41, 5.74) is 1.06. The van der Waals surface area contributed by atoms with E-state index in [2.05, 4.69) is 21.2 Å². The number of hydrogen-bond acceptors (Lipinski definition) is 3. The number of nitrogens with one attached hydrogen (secondary N) is 1. The quantitative estimate of drug-likeness (QED) is 0.806. The smallest absolute Gasteiger partial charge is 0.184 e. The maximum Gasteiger partial charge on any atom is 0.184 e. The number of carbonyl (C=O) groups excluding carboxylic acids is 1. The van der Waals surface area contributed by atoms with Crippen LogP contribution in [0.3, 0.4) is 0 Å². The van der Waals surface area contributed by atoms with Gasteiger partial charge in [0.25, 0.3) is 0 Å². The molecule has 4 heteroatoms. The van der Waals surface area contributed by atoms with Crippen molar-refractivity contribution in [2.24, 2.45) is 0 Å². The molecule has 3 nitrogen and oxygen atoms in total. The number of Topliss-reactive ketones (excluding diaryl/α,β-unsaturated/α-hetero) is 1. The Kier molecular flexibility index (Phi) is 2.70. The van der Waals surface area contributed by atoms with Crippen LogP contribution in [-0.4, -0.2) is 23.3 Å². The van der Waals surface area contributed by atoms with Crippen LogP contribution in [0.15, 0.2) is 18.2 Å². The summed E-state index contributed by atoms with van der Waals surface area (Å²) in [6, 6.07) is 5.53. The van der Waals surface area contributed by atoms with E-state index in [9.17, 15) is 4.79 Å². The van der Waals surface area contributed by atoms with Crippen LogP contribution in [0.2, 0.25) is 0 Å². The monoisotopic (exact) mass is 283 g/mol. The number of halogens is 1. The number of rotatable bonds is 1. The Morgan fingerprint density at radius 1 is 1.44 bits per heavy atom. The summed E-state index contributed by atoms with van der Waals surface area (Å²) < 4.78 is 5.84. The van der Waals surface area contributed by atoms with Crippen LogP contribution in [-0.2, 0) is 0 Å². The Bertz CT molecular complexity index is 443. The molecule has 1 N–H and O–H groups in total. The van der Waals surface area contributed by atoms with Crippen molar-refractivity contribution in [2.75, 3.05) is 12.4 Å². The number of alkyl halides is 1. The predicted octanol–water partition coefficient (Wildman–Crippen LogP) is 2.85. The molecule has 0 aliphatic carbocycles. The van der Waals surface area contributed by atoms with E-state index in [4.69, 9.17) is 4.74 Å². The van der Waals surface area contributed by atoms with Gasteiger partial charge in [0.2, 0.25) is 0 Å². The van der Waals surface area contributed by atoms with Gasteiger partial charge in [0, 0.05) is 18.8 Å². The van der Waals surface area contributed by atoms with E-state index in [0.29, 0.717) is 11.3 Å². The summed E-state index contributed by atoms with van der Waals surface area (Å²) in [6.07, 6.45) is 0. The molecule has 0 fully saturated rings. The van der Waals surface area contributed by atoms with Crippen LogP contribution in [0, 0.1) is 0 Å². The van der Waals surface area contributed by atoms with E-state index in [1.54, 1.807) is 6.07 Å². The van der Waals surface area contributed by atoms with Crippen LogP contribution in [0.25, 0.3) is 0 Å². The Balaban J connectivity index is 2.51. The minimum absolute atomic E-state index is 0.0777. The summed E-state index contributed by atoms with van der Waals surface area (Å²) in [6.45, 7) is 3.80. The van der Waals surface area contributed by atoms with Crippen LogP contribution in [0.1, 0.15) is 24.2 Å². The molecule has 1 heterocycles. The molecule has 1 aliphatic heterocycles. The average Bonchev–Trinajstić information content (AvgIpc) is 2.25. The number of benzene rings is 1. The maximum atomic E-state index is 12.1. The molecule has 0 amide bonds. The fraction of sp³-hybridized carbons (Fsp3) is 0.417. The Hall–Kier alpha value is -1.03. The zero-order chi connectivity index (χ0) is 11.9. The second-order valence-corrected chi connectivity index (χ2v) is 5.31. The number of ketones is 1. The first kappa shape index (κ1) is 11.5. The van der Waals surface area contributed by atoms with E-state index >= 15 is 0 Å². The topological polar surface area (TPSA) is 38.3 Å². The molecule has 1 atom stereocenters. The summed E-state index contributed by atoms with van der Waals surface area (Å²) in [5, 5.41) is 3.03. The summed E-state index contributed by atoms with van der Waals surface area (Å²) in [7, 11) is 1.84. The van der Waals surface area contributed by atoms with Crippen molar-refractivity contribution in [1.82, 2.24) is 0 Å². The summed E-state index contributed by atoms with van der Waals surface area (Å²) in [4.78, 5) is 11.8. The van der Waals surface area contributed by atoms with E-state index in [1.165, 1.54) is 0 Å². The standard InChI is InChI=1S/C12H14BrNO2/c1-12(2)11(13)10(15)8-5-4-7(14-3)6-9(8)16-12/h4-6,11,14H,1-3H3. The van der Waals surface area contributed by atoms with Gasteiger partial charge in [-0.05, 0) is 26.0 Å². The third kappa shape index (κ3) is 1.71. The number of fused-ring (bicyclic) bond motifs is 1. The molecular weight excluding hydrogens is 270 g/mol. The minimum Gasteiger partial charge on any atom is -0.485 e. The van der Waals surface area contributed by atoms with E-state index in [0.717, 1.165) is 5.69 Å². The first-order valence-electron chi connectivity index (χ1n) is 5.15. The Morgan fingerprint density at radius 3 is 2.75 bits per heavy atom. The molecule has 16 heavy (non-hydrogen) atoms. The SMILES string of the molecule is CNc1ccc2c(c1)OC(C)(C)C(Br)C2=O. The van der Waals surface area contributed by atoms with Gasteiger partial charge in [-0.25, -0.2) is 0 Å². The van der Waals surface area contributed by atoms with Crippen molar-refractivity contribution < 1.29 is 9.53 Å². The van der Waals surface area contributed by atoms with Gasteiger partial charge in [-0.15, -0.1) is 0 Å². The van der Waals surface area contributed by atoms with Crippen LogP contribution < -0.4 is 10.1 Å². The second-order valence-electron chi connectivity index (χ2n) is 4.39. The van der Waals surface area contributed by atoms with Gasteiger partial charge in [0.15, 0.2) is 5.78 Å². The first-order valence-corrected chi connectivity index (χ1v) is 6.06. The highest BCUT2D eigenvalue weighted by Gasteiger charge is 2.41. The number of hydrogen-bond donors (Lipinski definition) is 1. The molecule has 86 valence electrons. The highest BCUT2D eigenvalue weighted by molar-refractivity contribution is 9.10. The summed E-state index contributed by atoms with van der Waals surface area (Å²) >= 11 is 3.39. The molecule has 0 saturated heterocycles. The van der Waals surface area contributed by atoms with Crippen molar-refractivity contribution in [3.8, 4) is 5.75 Å². The highest BCUT2D eigenvalue weighted by atomic mass is 79.9. The first-order chi connectivity index (χ1) is 7.45. The van der Waals surface area contributed by atoms with Gasteiger partial charge in [-0.2, -0.15) is 0 Å². The van der Waals surface area contributed by atoms with Crippen molar-refractivity contribution >= 4 is 27.4 Å². The molecule has 0 aromatic heterocycles. The molecular formula is C12H14BrNO2. The van der Waals surface area contributed by atoms with Crippen molar-refractivity contribution in [1.29, 1.82) is 0 Å². The maximum absolute atomic E-state index is 12.1. The fourth-order valence-electron chi connectivity index (χ4n) is 1.75. The third-order valence-corrected chi connectivity index (χ3v) is 4.27. The van der Waals surface area contributed by atoms with E-state index < -0.39 is 5.60 Å². The van der Waals surface area contributed by atoms with E-state index in [1.807, 2.05) is 33.0 Å².